The van der Waals surface area contributed by atoms with Gasteiger partial charge in [0.25, 0.3) is 5.91 Å². The van der Waals surface area contributed by atoms with Crippen LogP contribution in [0.15, 0.2) is 30.3 Å². The number of carbonyl (C=O) groups is 2. The average Bonchev–Trinajstić information content (AvgIpc) is 3.01. The van der Waals surface area contributed by atoms with E-state index in [0.29, 0.717) is 16.5 Å². The number of anilines is 1. The fourth-order valence-electron chi connectivity index (χ4n) is 2.12. The van der Waals surface area contributed by atoms with Gasteiger partial charge in [-0.1, -0.05) is 11.6 Å². The summed E-state index contributed by atoms with van der Waals surface area (Å²) in [5.74, 6) is -0.614. The lowest BCUT2D eigenvalue weighted by atomic mass is 10.2. The summed E-state index contributed by atoms with van der Waals surface area (Å²) < 4.78 is 10.4. The molecule has 1 atom stereocenters. The van der Waals surface area contributed by atoms with Gasteiger partial charge in [0.2, 0.25) is 0 Å². The first kappa shape index (κ1) is 20.0. The van der Waals surface area contributed by atoms with E-state index in [-0.39, 0.29) is 0 Å². The lowest BCUT2D eigenvalue weighted by Crippen LogP contribution is -2.29. The van der Waals surface area contributed by atoms with Crippen LogP contribution in [-0.4, -0.2) is 25.1 Å². The highest BCUT2D eigenvalue weighted by molar-refractivity contribution is 7.12. The van der Waals surface area contributed by atoms with Crippen molar-refractivity contribution in [1.82, 2.24) is 0 Å². The molecule has 1 aromatic heterocycles. The van der Waals surface area contributed by atoms with Gasteiger partial charge in [0, 0.05) is 26.9 Å². The van der Waals surface area contributed by atoms with Crippen LogP contribution in [0.4, 0.5) is 5.69 Å². The number of hydrogen-bond acceptors (Lipinski definition) is 5. The molecule has 0 saturated carbocycles. The molecule has 2 rings (SSSR count). The van der Waals surface area contributed by atoms with Gasteiger partial charge < -0.3 is 14.8 Å². The van der Waals surface area contributed by atoms with Crippen LogP contribution in [0.1, 0.15) is 22.2 Å². The van der Waals surface area contributed by atoms with E-state index in [1.807, 2.05) is 26.0 Å². The Bertz CT molecular complexity index is 844. The highest BCUT2D eigenvalue weighted by Crippen LogP contribution is 2.31. The molecule has 0 fully saturated rings. The van der Waals surface area contributed by atoms with Crippen molar-refractivity contribution >= 4 is 46.6 Å². The third-order valence-corrected chi connectivity index (χ3v) is 4.92. The average molecular weight is 394 g/mol. The van der Waals surface area contributed by atoms with Crippen LogP contribution in [0.25, 0.3) is 6.08 Å². The van der Waals surface area contributed by atoms with Crippen molar-refractivity contribution in [2.24, 2.45) is 0 Å². The predicted octanol–water partition coefficient (Wildman–Crippen LogP) is 4.61. The molecular formula is C19H20ClNO4S. The van der Waals surface area contributed by atoms with Crippen LogP contribution in [0.3, 0.4) is 0 Å². The lowest BCUT2D eigenvalue weighted by molar-refractivity contribution is -0.148. The molecule has 26 heavy (non-hydrogen) atoms. The molecule has 0 aliphatic carbocycles. The lowest BCUT2D eigenvalue weighted by Gasteiger charge is -2.15. The first-order valence-electron chi connectivity index (χ1n) is 7.90. The number of amides is 1. The number of benzene rings is 1. The van der Waals surface area contributed by atoms with Gasteiger partial charge in [-0.05, 0) is 50.6 Å². The fourth-order valence-corrected chi connectivity index (χ4v) is 3.06. The molecule has 1 amide bonds. The van der Waals surface area contributed by atoms with Crippen molar-refractivity contribution < 1.29 is 19.1 Å². The summed E-state index contributed by atoms with van der Waals surface area (Å²) in [5.41, 5.74) is 1.26. The molecule has 1 heterocycles. The maximum absolute atomic E-state index is 12.3. The van der Waals surface area contributed by atoms with Crippen LogP contribution in [0, 0.1) is 13.8 Å². The zero-order valence-corrected chi connectivity index (χ0v) is 16.5. The molecule has 0 aliphatic rings. The number of aryl methyl sites for hydroxylation is 2. The Kier molecular flexibility index (Phi) is 6.83. The number of esters is 1. The first-order chi connectivity index (χ1) is 12.3. The fraction of sp³-hybridized carbons (Fsp3) is 0.263. The smallest absolute Gasteiger partial charge is 0.331 e. The zero-order chi connectivity index (χ0) is 19.3. The Labute approximate surface area is 161 Å². The molecular weight excluding hydrogens is 374 g/mol. The van der Waals surface area contributed by atoms with E-state index in [9.17, 15) is 9.59 Å². The van der Waals surface area contributed by atoms with E-state index in [2.05, 4.69) is 5.32 Å². The number of methoxy groups -OCH3 is 1. The molecule has 0 bridgehead atoms. The second-order valence-electron chi connectivity index (χ2n) is 5.65. The van der Waals surface area contributed by atoms with Gasteiger partial charge in [0.05, 0.1) is 12.8 Å². The summed E-state index contributed by atoms with van der Waals surface area (Å²) in [4.78, 5) is 26.3. The topological polar surface area (TPSA) is 64.6 Å². The Hall–Kier alpha value is -2.31. The number of rotatable bonds is 6. The SMILES string of the molecule is COc1cc(Cl)c(C)cc1NC(=O)[C@@H](C)OC(=O)/C=C/c1ccc(C)s1. The summed E-state index contributed by atoms with van der Waals surface area (Å²) in [6, 6.07) is 7.20. The number of thiophene rings is 1. The summed E-state index contributed by atoms with van der Waals surface area (Å²) in [6.07, 6.45) is 2.01. The minimum Gasteiger partial charge on any atom is -0.495 e. The zero-order valence-electron chi connectivity index (χ0n) is 15.0. The third kappa shape index (κ3) is 5.34. The summed E-state index contributed by atoms with van der Waals surface area (Å²) in [5, 5.41) is 3.23. The summed E-state index contributed by atoms with van der Waals surface area (Å²) >= 11 is 7.62. The van der Waals surface area contributed by atoms with Crippen molar-refractivity contribution in [3.63, 3.8) is 0 Å². The number of hydrogen-bond donors (Lipinski definition) is 1. The van der Waals surface area contributed by atoms with Crippen molar-refractivity contribution in [1.29, 1.82) is 0 Å². The number of carbonyl (C=O) groups excluding carboxylic acids is 2. The summed E-state index contributed by atoms with van der Waals surface area (Å²) in [7, 11) is 1.48. The number of nitrogens with one attached hydrogen (secondary N) is 1. The van der Waals surface area contributed by atoms with E-state index >= 15 is 0 Å². The van der Waals surface area contributed by atoms with Crippen molar-refractivity contribution in [3.8, 4) is 5.75 Å². The van der Waals surface area contributed by atoms with Gasteiger partial charge in [-0.25, -0.2) is 4.79 Å². The van der Waals surface area contributed by atoms with E-state index in [1.54, 1.807) is 29.5 Å². The second-order valence-corrected chi connectivity index (χ2v) is 7.38. The molecule has 0 saturated heterocycles. The van der Waals surface area contributed by atoms with E-state index in [4.69, 9.17) is 21.1 Å². The Morgan fingerprint density at radius 3 is 2.62 bits per heavy atom. The molecule has 0 unspecified atom stereocenters. The largest absolute Gasteiger partial charge is 0.495 e. The van der Waals surface area contributed by atoms with Crippen LogP contribution < -0.4 is 10.1 Å². The molecule has 7 heteroatoms. The first-order valence-corrected chi connectivity index (χ1v) is 9.09. The van der Waals surface area contributed by atoms with Crippen molar-refractivity contribution in [2.45, 2.75) is 26.9 Å². The highest BCUT2D eigenvalue weighted by atomic mass is 35.5. The van der Waals surface area contributed by atoms with Gasteiger partial charge in [-0.2, -0.15) is 0 Å². The van der Waals surface area contributed by atoms with Crippen LogP contribution in [-0.2, 0) is 14.3 Å². The highest BCUT2D eigenvalue weighted by Gasteiger charge is 2.19. The Balaban J connectivity index is 1.98. The van der Waals surface area contributed by atoms with Crippen LogP contribution in [0.5, 0.6) is 5.75 Å². The third-order valence-electron chi connectivity index (χ3n) is 3.55. The van der Waals surface area contributed by atoms with Crippen LogP contribution in [0.2, 0.25) is 5.02 Å². The molecule has 138 valence electrons. The maximum Gasteiger partial charge on any atom is 0.331 e. The standard InChI is InChI=1S/C19H20ClNO4S/c1-11-9-16(17(24-4)10-15(11)20)21-19(23)13(3)25-18(22)8-7-14-6-5-12(2)26-14/h5-10,13H,1-4H3,(H,21,23)/b8-7+/t13-/m1/s1. The van der Waals surface area contributed by atoms with Crippen LogP contribution >= 0.6 is 22.9 Å². The minimum atomic E-state index is -0.960. The molecule has 0 aliphatic heterocycles. The quantitative estimate of drug-likeness (QED) is 0.575. The van der Waals surface area contributed by atoms with E-state index < -0.39 is 18.0 Å². The predicted molar refractivity (Wildman–Crippen MR) is 105 cm³/mol. The minimum absolute atomic E-state index is 0.431. The molecule has 0 radical (unpaired) electrons. The van der Waals surface area contributed by atoms with Gasteiger partial charge >= 0.3 is 5.97 Å². The van der Waals surface area contributed by atoms with Crippen molar-refractivity contribution in [3.05, 3.63) is 50.7 Å². The van der Waals surface area contributed by atoms with Crippen molar-refractivity contribution in [2.75, 3.05) is 12.4 Å². The number of halogens is 1. The maximum atomic E-state index is 12.3. The Morgan fingerprint density at radius 2 is 2.00 bits per heavy atom. The Morgan fingerprint density at radius 1 is 1.27 bits per heavy atom. The second kappa shape index (κ2) is 8.87. The summed E-state index contributed by atoms with van der Waals surface area (Å²) in [6.45, 7) is 5.31. The number of ether oxygens (including phenoxy) is 2. The molecule has 0 spiro atoms. The molecule has 2 aromatic rings. The van der Waals surface area contributed by atoms with Gasteiger partial charge in [-0.3, -0.25) is 4.79 Å². The molecule has 1 N–H and O–H groups in total. The van der Waals surface area contributed by atoms with Gasteiger partial charge in [0.1, 0.15) is 5.75 Å². The van der Waals surface area contributed by atoms with E-state index in [0.717, 1.165) is 15.3 Å². The van der Waals surface area contributed by atoms with Gasteiger partial charge in [0.15, 0.2) is 6.10 Å². The van der Waals surface area contributed by atoms with E-state index in [1.165, 1.54) is 20.1 Å². The normalized spacial score (nSPS) is 12.0. The molecule has 5 nitrogen and oxygen atoms in total. The molecule has 1 aromatic carbocycles. The van der Waals surface area contributed by atoms with Gasteiger partial charge in [-0.15, -0.1) is 11.3 Å². The monoisotopic (exact) mass is 393 g/mol.